The van der Waals surface area contributed by atoms with Gasteiger partial charge in [0.15, 0.2) is 5.69 Å². The third-order valence-electron chi connectivity index (χ3n) is 5.18. The molecule has 0 bridgehead atoms. The number of anilines is 2. The highest BCUT2D eigenvalue weighted by Crippen LogP contribution is 2.21. The molecule has 0 N–H and O–H groups in total. The highest BCUT2D eigenvalue weighted by atomic mass is 16.2. The lowest BCUT2D eigenvalue weighted by Crippen LogP contribution is -2.49. The number of rotatable bonds is 3. The molecule has 0 aliphatic carbocycles. The average Bonchev–Trinajstić information content (AvgIpc) is 3.14. The fourth-order valence-corrected chi connectivity index (χ4v) is 3.68. The van der Waals surface area contributed by atoms with Crippen molar-refractivity contribution >= 4 is 17.7 Å². The predicted octanol–water partition coefficient (Wildman–Crippen LogP) is 0.866. The summed E-state index contributed by atoms with van der Waals surface area (Å²) in [6.07, 6.45) is 5.36. The third-order valence-corrected chi connectivity index (χ3v) is 5.18. The summed E-state index contributed by atoms with van der Waals surface area (Å²) in [6.45, 7) is 6.89. The molecule has 4 rings (SSSR count). The van der Waals surface area contributed by atoms with Crippen molar-refractivity contribution in [1.29, 1.82) is 0 Å². The average molecular weight is 370 g/mol. The van der Waals surface area contributed by atoms with Crippen LogP contribution in [-0.4, -0.2) is 75.0 Å². The van der Waals surface area contributed by atoms with Crippen LogP contribution in [0.3, 0.4) is 0 Å². The summed E-state index contributed by atoms with van der Waals surface area (Å²) in [5, 5.41) is 7.77. The van der Waals surface area contributed by atoms with Crippen LogP contribution in [0.25, 0.3) is 0 Å². The first-order valence-electron chi connectivity index (χ1n) is 9.61. The van der Waals surface area contributed by atoms with Crippen molar-refractivity contribution < 1.29 is 4.79 Å². The van der Waals surface area contributed by atoms with E-state index in [2.05, 4.69) is 25.1 Å². The zero-order valence-electron chi connectivity index (χ0n) is 16.0. The van der Waals surface area contributed by atoms with E-state index in [9.17, 15) is 4.79 Å². The Balaban J connectivity index is 1.43. The largest absolute Gasteiger partial charge is 0.353 e. The second kappa shape index (κ2) is 7.50. The Hall–Kier alpha value is -2.71. The van der Waals surface area contributed by atoms with E-state index in [0.29, 0.717) is 18.8 Å². The van der Waals surface area contributed by atoms with Gasteiger partial charge in [-0.3, -0.25) is 9.48 Å². The van der Waals surface area contributed by atoms with E-state index in [1.54, 1.807) is 17.9 Å². The van der Waals surface area contributed by atoms with Gasteiger partial charge in [0.05, 0.1) is 6.20 Å². The number of hydrogen-bond donors (Lipinski definition) is 0. The molecule has 0 aromatic carbocycles. The molecule has 2 aliphatic heterocycles. The summed E-state index contributed by atoms with van der Waals surface area (Å²) in [4.78, 5) is 28.4. The maximum absolute atomic E-state index is 12.5. The predicted molar refractivity (Wildman–Crippen MR) is 102 cm³/mol. The molecule has 2 saturated heterocycles. The van der Waals surface area contributed by atoms with Crippen molar-refractivity contribution in [3.05, 3.63) is 23.7 Å². The topological polar surface area (TPSA) is 83.3 Å². The van der Waals surface area contributed by atoms with Crippen LogP contribution in [0, 0.1) is 6.92 Å². The van der Waals surface area contributed by atoms with Gasteiger partial charge in [-0.15, -0.1) is 5.10 Å². The van der Waals surface area contributed by atoms with Gasteiger partial charge in [0.2, 0.25) is 5.95 Å². The van der Waals surface area contributed by atoms with Crippen LogP contribution in [0.5, 0.6) is 0 Å². The van der Waals surface area contributed by atoms with Crippen LogP contribution in [-0.2, 0) is 7.05 Å². The quantitative estimate of drug-likeness (QED) is 0.792. The number of amides is 1. The maximum Gasteiger partial charge on any atom is 0.276 e. The number of aryl methyl sites for hydroxylation is 2. The van der Waals surface area contributed by atoms with Gasteiger partial charge < -0.3 is 14.7 Å². The number of hydrogen-bond acceptors (Lipinski definition) is 7. The summed E-state index contributed by atoms with van der Waals surface area (Å²) in [7, 11) is 1.76. The molecule has 1 amide bonds. The molecule has 0 saturated carbocycles. The van der Waals surface area contributed by atoms with Crippen LogP contribution >= 0.6 is 0 Å². The minimum absolute atomic E-state index is 0.0596. The van der Waals surface area contributed by atoms with Crippen molar-refractivity contribution in [3.63, 3.8) is 0 Å². The standard InChI is InChI=1S/C18H26N8O/c1-14-12-16(20-18(19-14)26-6-4-3-5-7-26)24-8-10-25(11-9-24)17(27)15-13-23(2)22-21-15/h12-13H,3-11H2,1-2H3. The first-order valence-corrected chi connectivity index (χ1v) is 9.61. The molecule has 2 aliphatic rings. The summed E-state index contributed by atoms with van der Waals surface area (Å²) in [5.74, 6) is 1.73. The minimum atomic E-state index is -0.0596. The fraction of sp³-hybridized carbons (Fsp3) is 0.611. The molecule has 0 radical (unpaired) electrons. The lowest BCUT2D eigenvalue weighted by molar-refractivity contribution is 0.0740. The van der Waals surface area contributed by atoms with Crippen LogP contribution in [0.2, 0.25) is 0 Å². The first kappa shape index (κ1) is 17.7. The van der Waals surface area contributed by atoms with Gasteiger partial charge in [0.25, 0.3) is 5.91 Å². The van der Waals surface area contributed by atoms with Gasteiger partial charge in [-0.1, -0.05) is 5.21 Å². The SMILES string of the molecule is Cc1cc(N2CCN(C(=O)c3cn(C)nn3)CC2)nc(N2CCCCC2)n1. The Morgan fingerprint density at radius 1 is 0.963 bits per heavy atom. The number of aromatic nitrogens is 5. The number of piperazine rings is 1. The molecule has 2 fully saturated rings. The van der Waals surface area contributed by atoms with Gasteiger partial charge >= 0.3 is 0 Å². The smallest absolute Gasteiger partial charge is 0.276 e. The maximum atomic E-state index is 12.5. The number of piperidine rings is 1. The van der Waals surface area contributed by atoms with Crippen LogP contribution in [0.15, 0.2) is 12.3 Å². The summed E-state index contributed by atoms with van der Waals surface area (Å²) < 4.78 is 1.55. The molecular weight excluding hydrogens is 344 g/mol. The number of nitrogens with zero attached hydrogens (tertiary/aromatic N) is 8. The van der Waals surface area contributed by atoms with E-state index in [1.165, 1.54) is 19.3 Å². The Bertz CT molecular complexity index is 805. The zero-order chi connectivity index (χ0) is 18.8. The molecule has 0 spiro atoms. The molecule has 9 heteroatoms. The van der Waals surface area contributed by atoms with E-state index >= 15 is 0 Å². The normalized spacial score (nSPS) is 18.1. The van der Waals surface area contributed by atoms with Crippen molar-refractivity contribution in [2.24, 2.45) is 7.05 Å². The third kappa shape index (κ3) is 3.86. The fourth-order valence-electron chi connectivity index (χ4n) is 3.68. The molecule has 2 aromatic heterocycles. The van der Waals surface area contributed by atoms with Gasteiger partial charge in [0, 0.05) is 58.1 Å². The number of carbonyl (C=O) groups excluding carboxylic acids is 1. The van der Waals surface area contributed by atoms with E-state index in [0.717, 1.165) is 43.6 Å². The molecule has 27 heavy (non-hydrogen) atoms. The Kier molecular flexibility index (Phi) is 4.91. The van der Waals surface area contributed by atoms with Crippen molar-refractivity contribution in [3.8, 4) is 0 Å². The van der Waals surface area contributed by atoms with Crippen LogP contribution in [0.1, 0.15) is 35.4 Å². The summed E-state index contributed by atoms with van der Waals surface area (Å²) >= 11 is 0. The second-order valence-electron chi connectivity index (χ2n) is 7.27. The first-order chi connectivity index (χ1) is 13.1. The van der Waals surface area contributed by atoms with E-state index in [1.807, 2.05) is 17.9 Å². The van der Waals surface area contributed by atoms with Crippen molar-refractivity contribution in [1.82, 2.24) is 29.9 Å². The van der Waals surface area contributed by atoms with Gasteiger partial charge in [0.1, 0.15) is 5.82 Å². The molecule has 9 nitrogen and oxygen atoms in total. The Morgan fingerprint density at radius 2 is 1.70 bits per heavy atom. The van der Waals surface area contributed by atoms with Gasteiger partial charge in [-0.2, -0.15) is 4.98 Å². The molecule has 2 aromatic rings. The van der Waals surface area contributed by atoms with Gasteiger partial charge in [-0.25, -0.2) is 4.98 Å². The highest BCUT2D eigenvalue weighted by Gasteiger charge is 2.25. The lowest BCUT2D eigenvalue weighted by Gasteiger charge is -2.35. The van der Waals surface area contributed by atoms with Crippen molar-refractivity contribution in [2.45, 2.75) is 26.2 Å². The van der Waals surface area contributed by atoms with E-state index in [-0.39, 0.29) is 5.91 Å². The van der Waals surface area contributed by atoms with E-state index in [4.69, 9.17) is 4.98 Å². The molecule has 144 valence electrons. The molecule has 0 atom stereocenters. The van der Waals surface area contributed by atoms with Gasteiger partial charge in [-0.05, 0) is 26.2 Å². The van der Waals surface area contributed by atoms with Crippen LogP contribution < -0.4 is 9.80 Å². The molecule has 4 heterocycles. The van der Waals surface area contributed by atoms with E-state index < -0.39 is 0 Å². The minimum Gasteiger partial charge on any atom is -0.353 e. The van der Waals surface area contributed by atoms with Crippen LogP contribution in [0.4, 0.5) is 11.8 Å². The van der Waals surface area contributed by atoms with Crippen molar-refractivity contribution in [2.75, 3.05) is 49.1 Å². The molecular formula is C18H26N8O. The zero-order valence-corrected chi connectivity index (χ0v) is 16.0. The highest BCUT2D eigenvalue weighted by molar-refractivity contribution is 5.92. The number of carbonyl (C=O) groups is 1. The Morgan fingerprint density at radius 3 is 2.37 bits per heavy atom. The second-order valence-corrected chi connectivity index (χ2v) is 7.27. The Labute approximate surface area is 159 Å². The monoisotopic (exact) mass is 370 g/mol. The molecule has 0 unspecified atom stereocenters. The summed E-state index contributed by atoms with van der Waals surface area (Å²) in [6, 6.07) is 2.04. The summed E-state index contributed by atoms with van der Waals surface area (Å²) in [5.41, 5.74) is 1.38. The lowest BCUT2D eigenvalue weighted by atomic mass is 10.1.